The first-order chi connectivity index (χ1) is 10.6. The first kappa shape index (κ1) is 24.8. The second-order valence-electron chi connectivity index (χ2n) is 4.95. The largest absolute Gasteiger partial charge is 0.431 e. The summed E-state index contributed by atoms with van der Waals surface area (Å²) in [5, 5.41) is 0. The van der Waals surface area contributed by atoms with E-state index in [0.29, 0.717) is 22.6 Å². The van der Waals surface area contributed by atoms with Crippen LogP contribution in [0.25, 0.3) is 0 Å². The van der Waals surface area contributed by atoms with Crippen LogP contribution < -0.4 is 0 Å². The predicted octanol–water partition coefficient (Wildman–Crippen LogP) is 6.69. The maximum Gasteiger partial charge on any atom is 0.431 e. The highest BCUT2D eigenvalue weighted by Gasteiger charge is 2.74. The highest BCUT2D eigenvalue weighted by molar-refractivity contribution is 14.1. The zero-order valence-electron chi connectivity index (χ0n) is 11.3. The lowest BCUT2D eigenvalue weighted by atomic mass is 9.79. The summed E-state index contributed by atoms with van der Waals surface area (Å²) in [5.41, 5.74) is -6.37. The monoisotopic (exact) mass is 520 g/mol. The Morgan fingerprint density at radius 3 is 1.16 bits per heavy atom. The van der Waals surface area contributed by atoms with E-state index in [1.54, 1.807) is 0 Å². The lowest BCUT2D eigenvalue weighted by Gasteiger charge is -2.37. The van der Waals surface area contributed by atoms with Crippen LogP contribution in [-0.4, -0.2) is 34.6 Å². The van der Waals surface area contributed by atoms with Gasteiger partial charge in [-0.1, -0.05) is 0 Å². The minimum atomic E-state index is -6.86. The van der Waals surface area contributed by atoms with Crippen molar-refractivity contribution in [3.05, 3.63) is 0 Å². The van der Waals surface area contributed by atoms with Crippen molar-refractivity contribution in [1.82, 2.24) is 0 Å². The van der Waals surface area contributed by atoms with E-state index in [2.05, 4.69) is 0 Å². The van der Waals surface area contributed by atoms with Crippen LogP contribution in [0, 0.1) is 11.8 Å². The Morgan fingerprint density at radius 1 is 0.640 bits per heavy atom. The van der Waals surface area contributed by atoms with Gasteiger partial charge in [0, 0.05) is 6.42 Å². The summed E-state index contributed by atoms with van der Waals surface area (Å²) in [5.74, 6) is -8.46. The van der Waals surface area contributed by atoms with Crippen molar-refractivity contribution in [1.29, 1.82) is 0 Å². The van der Waals surface area contributed by atoms with Gasteiger partial charge in [-0.2, -0.15) is 52.7 Å². The Hall–Kier alpha value is -0.250. The fourth-order valence-corrected chi connectivity index (χ4v) is 2.69. The Kier molecular flexibility index (Phi) is 7.33. The first-order valence-corrected chi connectivity index (χ1v) is 7.13. The van der Waals surface area contributed by atoms with Crippen LogP contribution in [0.1, 0.15) is 12.8 Å². The zero-order valence-corrected chi connectivity index (χ0v) is 13.5. The molecule has 0 radical (unpaired) electrons. The molecule has 0 rings (SSSR count). The van der Waals surface area contributed by atoms with Crippen molar-refractivity contribution in [2.24, 2.45) is 11.8 Å². The number of hydrogen-bond acceptors (Lipinski definition) is 0. The minimum absolute atomic E-state index is 0.554. The van der Waals surface area contributed by atoms with Gasteiger partial charge >= 0.3 is 24.7 Å². The average molecular weight is 520 g/mol. The third kappa shape index (κ3) is 6.15. The van der Waals surface area contributed by atoms with Crippen LogP contribution in [-0.2, 0) is 0 Å². The maximum absolute atomic E-state index is 13.5. The fourth-order valence-electron chi connectivity index (χ4n) is 2.04. The van der Waals surface area contributed by atoms with Crippen LogP contribution in [0.5, 0.6) is 0 Å². The van der Waals surface area contributed by atoms with E-state index < -0.39 is 59.2 Å². The minimum Gasteiger partial charge on any atom is -0.236 e. The van der Waals surface area contributed by atoms with E-state index in [1.165, 1.54) is 0 Å². The molecule has 0 aromatic rings. The maximum atomic E-state index is 13.5. The number of alkyl halides is 15. The molecular formula is C10H7F14I. The van der Waals surface area contributed by atoms with Crippen LogP contribution in [0.4, 0.5) is 61.5 Å². The molecule has 0 amide bonds. The molecule has 2 unspecified atom stereocenters. The lowest BCUT2D eigenvalue weighted by molar-refractivity contribution is -0.357. The molecule has 25 heavy (non-hydrogen) atoms. The molecule has 0 nitrogen and oxygen atoms in total. The van der Waals surface area contributed by atoms with Gasteiger partial charge in [-0.3, -0.25) is 0 Å². The average Bonchev–Trinajstić information content (AvgIpc) is 2.19. The van der Waals surface area contributed by atoms with Gasteiger partial charge in [0.15, 0.2) is 10.1 Å². The van der Waals surface area contributed by atoms with Crippen LogP contribution in [0.2, 0.25) is 0 Å². The molecule has 0 N–H and O–H groups in total. The summed E-state index contributed by atoms with van der Waals surface area (Å²) < 4.78 is 173. The summed E-state index contributed by atoms with van der Waals surface area (Å²) >= 11 is 0.554. The van der Waals surface area contributed by atoms with E-state index in [1.807, 2.05) is 0 Å². The van der Waals surface area contributed by atoms with Crippen molar-refractivity contribution >= 4 is 22.6 Å². The molecule has 0 spiro atoms. The van der Waals surface area contributed by atoms with Crippen molar-refractivity contribution < 1.29 is 61.5 Å². The summed E-state index contributed by atoms with van der Waals surface area (Å²) in [6.45, 7) is 0. The van der Waals surface area contributed by atoms with E-state index in [4.69, 9.17) is 0 Å². The number of halogens is 15. The fraction of sp³-hybridized carbons (Fsp3) is 1.00. The molecule has 0 aromatic carbocycles. The third-order valence-corrected chi connectivity index (χ3v) is 3.61. The topological polar surface area (TPSA) is 0 Å². The third-order valence-electron chi connectivity index (χ3n) is 3.10. The van der Waals surface area contributed by atoms with Gasteiger partial charge in [-0.25, -0.2) is 8.78 Å². The Bertz CT molecular complexity index is 399. The van der Waals surface area contributed by atoms with E-state index >= 15 is 0 Å². The van der Waals surface area contributed by atoms with Gasteiger partial charge in [0.25, 0.3) is 5.67 Å². The van der Waals surface area contributed by atoms with Crippen molar-refractivity contribution in [3.63, 3.8) is 0 Å². The van der Waals surface area contributed by atoms with E-state index in [9.17, 15) is 61.5 Å². The molecule has 152 valence electrons. The first-order valence-electron chi connectivity index (χ1n) is 5.88. The number of hydrogen-bond donors (Lipinski definition) is 0. The standard InChI is InChI=1S/C10H7F14I/c11-4(25)1-3(5(7(13,14)15)8(16,17)18)2-6(12,9(19,20)21)10(22,23)24/h3-5H,1-2H2. The van der Waals surface area contributed by atoms with Gasteiger partial charge in [-0.05, 0) is 34.9 Å². The highest BCUT2D eigenvalue weighted by atomic mass is 127. The molecule has 0 heterocycles. The quantitative estimate of drug-likeness (QED) is 0.216. The summed E-state index contributed by atoms with van der Waals surface area (Å²) in [6.07, 6.45) is -31.8. The smallest absolute Gasteiger partial charge is 0.236 e. The van der Waals surface area contributed by atoms with Crippen molar-refractivity contribution in [2.45, 2.75) is 47.4 Å². The van der Waals surface area contributed by atoms with Gasteiger partial charge in [0.05, 0.1) is 0 Å². The summed E-state index contributed by atoms with van der Waals surface area (Å²) in [4.78, 5) is 0. The second kappa shape index (κ2) is 7.40. The van der Waals surface area contributed by atoms with Gasteiger partial charge in [0.2, 0.25) is 0 Å². The van der Waals surface area contributed by atoms with Gasteiger partial charge in [0.1, 0.15) is 0 Å². The SMILES string of the molecule is FC(I)CC(CC(F)(C(F)(F)F)C(F)(F)F)C(C(F)(F)F)C(F)(F)F. The molecule has 0 saturated carbocycles. The molecule has 0 aliphatic heterocycles. The molecular weight excluding hydrogens is 513 g/mol. The lowest BCUT2D eigenvalue weighted by Crippen LogP contribution is -2.56. The zero-order chi connectivity index (χ0) is 20.6. The molecule has 0 bridgehead atoms. The molecule has 2 atom stereocenters. The molecule has 0 aliphatic rings. The highest BCUT2D eigenvalue weighted by Crippen LogP contribution is 2.55. The van der Waals surface area contributed by atoms with Crippen molar-refractivity contribution in [2.75, 3.05) is 0 Å². The normalized spacial score (nSPS) is 17.8. The Balaban J connectivity index is 6.21. The van der Waals surface area contributed by atoms with Gasteiger partial charge in [-0.15, -0.1) is 0 Å². The van der Waals surface area contributed by atoms with Crippen LogP contribution in [0.3, 0.4) is 0 Å². The molecule has 0 saturated heterocycles. The van der Waals surface area contributed by atoms with E-state index in [0.717, 1.165) is 0 Å². The van der Waals surface area contributed by atoms with Gasteiger partial charge < -0.3 is 0 Å². The molecule has 0 aromatic heterocycles. The summed E-state index contributed by atoms with van der Waals surface area (Å²) in [7, 11) is 0. The predicted molar refractivity (Wildman–Crippen MR) is 63.2 cm³/mol. The molecule has 0 aliphatic carbocycles. The van der Waals surface area contributed by atoms with Crippen LogP contribution >= 0.6 is 22.6 Å². The van der Waals surface area contributed by atoms with E-state index in [-0.39, 0.29) is 0 Å². The molecule has 0 fully saturated rings. The van der Waals surface area contributed by atoms with Crippen molar-refractivity contribution in [3.8, 4) is 0 Å². The van der Waals surface area contributed by atoms with Crippen LogP contribution in [0.15, 0.2) is 0 Å². The summed E-state index contributed by atoms with van der Waals surface area (Å²) in [6, 6.07) is 0. The Morgan fingerprint density at radius 2 is 0.960 bits per heavy atom. The Labute approximate surface area is 144 Å². The molecule has 15 heteroatoms. The second-order valence-corrected chi connectivity index (χ2v) is 6.30. The number of rotatable bonds is 5.